The molecule has 0 saturated heterocycles. The Bertz CT molecular complexity index is 145. The Kier molecular flexibility index (Phi) is 1.94. The third-order valence-corrected chi connectivity index (χ3v) is 5.09. The zero-order valence-electron chi connectivity index (χ0n) is 5.18. The summed E-state index contributed by atoms with van der Waals surface area (Å²) in [5.74, 6) is 0. The van der Waals surface area contributed by atoms with E-state index in [4.69, 9.17) is 0 Å². The number of aromatic amines is 1. The topological polar surface area (TPSA) is 28.7 Å². The van der Waals surface area contributed by atoms with Gasteiger partial charge in [0.2, 0.25) is 0 Å². The van der Waals surface area contributed by atoms with Gasteiger partial charge in [-0.2, -0.15) is 0 Å². The van der Waals surface area contributed by atoms with Crippen molar-refractivity contribution in [1.82, 2.24) is 9.97 Å². The molecule has 0 radical (unpaired) electrons. The van der Waals surface area contributed by atoms with Crippen molar-refractivity contribution in [3.8, 4) is 0 Å². The summed E-state index contributed by atoms with van der Waals surface area (Å²) in [5.41, 5.74) is 0. The average Bonchev–Trinajstić information content (AvgIpc) is 2.12. The molecule has 0 bridgehead atoms. The second kappa shape index (κ2) is 2.53. The summed E-state index contributed by atoms with van der Waals surface area (Å²) in [4.78, 5) is 11.9. The molecule has 0 amide bonds. The van der Waals surface area contributed by atoms with Gasteiger partial charge in [-0.3, -0.25) is 0 Å². The van der Waals surface area contributed by atoms with Gasteiger partial charge in [0.05, 0.1) is 0 Å². The summed E-state index contributed by atoms with van der Waals surface area (Å²) in [6, 6.07) is 0. The zero-order chi connectivity index (χ0) is 5.98. The predicted molar refractivity (Wildman–Crippen MR) is 37.1 cm³/mol. The Hall–Kier alpha value is 0.00870. The maximum atomic E-state index is 4.15. The fraction of sp³-hybridized carbons (Fsp3) is 0.400. The number of hydrogen-bond acceptors (Lipinski definition) is 1. The van der Waals surface area contributed by atoms with Crippen LogP contribution in [-0.4, -0.2) is 29.7 Å². The molecule has 1 heterocycles. The monoisotopic (exact) mass is 218 g/mol. The molecule has 1 N–H and O–H groups in total. The first-order valence-corrected chi connectivity index (χ1v) is 11.0. The van der Waals surface area contributed by atoms with Crippen LogP contribution < -0.4 is 3.84 Å². The molecule has 44 valence electrons. The van der Waals surface area contributed by atoms with Crippen molar-refractivity contribution in [3.63, 3.8) is 0 Å². The predicted octanol–water partition coefficient (Wildman–Crippen LogP) is 0.103. The molecule has 0 unspecified atom stereocenters. The van der Waals surface area contributed by atoms with E-state index in [0.29, 0.717) is 0 Å². The Morgan fingerprint density at radius 2 is 2.38 bits per heavy atom. The molecule has 8 heavy (non-hydrogen) atoms. The van der Waals surface area contributed by atoms with Gasteiger partial charge in [0.1, 0.15) is 0 Å². The van der Waals surface area contributed by atoms with Gasteiger partial charge in [-0.05, 0) is 0 Å². The Morgan fingerprint density at radius 3 is 2.62 bits per heavy atom. The first-order valence-electron chi connectivity index (χ1n) is 2.80. The standard InChI is InChI=1S/C3H3N2.2CH3.Sn.H/c1-2-5-3-4-1;;;;/h1-2H,(H,4,5);2*1H3;;. The van der Waals surface area contributed by atoms with E-state index in [-0.39, 0.29) is 0 Å². The zero-order valence-corrected chi connectivity index (χ0v) is 8.47. The quantitative estimate of drug-likeness (QED) is 0.664. The number of H-pyrrole nitrogens is 1. The number of imidazole rings is 1. The van der Waals surface area contributed by atoms with Crippen LogP contribution >= 0.6 is 0 Å². The third-order valence-electron chi connectivity index (χ3n) is 1.07. The number of nitrogens with zero attached hydrogens (tertiary/aromatic N) is 1. The number of hydrogen-bond donors (Lipinski definition) is 1. The van der Waals surface area contributed by atoms with Crippen LogP contribution in [0.15, 0.2) is 12.4 Å². The summed E-state index contributed by atoms with van der Waals surface area (Å²) < 4.78 is 1.27. The van der Waals surface area contributed by atoms with Gasteiger partial charge in [-0.25, -0.2) is 0 Å². The molecule has 0 fully saturated rings. The molecule has 0 aliphatic heterocycles. The van der Waals surface area contributed by atoms with Crippen molar-refractivity contribution < 1.29 is 0 Å². The third kappa shape index (κ3) is 1.24. The molecule has 0 aliphatic rings. The minimum atomic E-state index is -1.24. The van der Waals surface area contributed by atoms with Gasteiger partial charge < -0.3 is 0 Å². The molecule has 0 saturated carbocycles. The Morgan fingerprint density at radius 1 is 1.62 bits per heavy atom. The molecular weight excluding hydrogens is 207 g/mol. The minimum absolute atomic E-state index is 1.24. The van der Waals surface area contributed by atoms with Crippen LogP contribution in [0.1, 0.15) is 0 Å². The Labute approximate surface area is 56.1 Å². The van der Waals surface area contributed by atoms with Crippen molar-refractivity contribution in [3.05, 3.63) is 12.4 Å². The Balaban J connectivity index is 2.77. The molecule has 2 nitrogen and oxygen atoms in total. The van der Waals surface area contributed by atoms with Crippen LogP contribution in [0.3, 0.4) is 0 Å². The SMILES string of the molecule is [CH3][SnH]([CH3])[c]1ncc[nH]1. The van der Waals surface area contributed by atoms with E-state index < -0.39 is 19.8 Å². The van der Waals surface area contributed by atoms with Gasteiger partial charge in [-0.15, -0.1) is 0 Å². The summed E-state index contributed by atoms with van der Waals surface area (Å²) in [7, 11) is 0. The molecule has 1 aromatic heterocycles. The van der Waals surface area contributed by atoms with E-state index in [2.05, 4.69) is 19.8 Å². The molecule has 1 rings (SSSR count). The molecule has 1 aromatic rings. The van der Waals surface area contributed by atoms with Gasteiger partial charge in [0.15, 0.2) is 0 Å². The van der Waals surface area contributed by atoms with Gasteiger partial charge >= 0.3 is 55.8 Å². The van der Waals surface area contributed by atoms with E-state index >= 15 is 0 Å². The molecule has 3 heteroatoms. The van der Waals surface area contributed by atoms with Crippen molar-refractivity contribution in [2.75, 3.05) is 0 Å². The summed E-state index contributed by atoms with van der Waals surface area (Å²) >= 11 is -1.24. The van der Waals surface area contributed by atoms with Crippen LogP contribution in [0, 0.1) is 0 Å². The average molecular weight is 217 g/mol. The fourth-order valence-corrected chi connectivity index (χ4v) is 2.92. The van der Waals surface area contributed by atoms with Crippen molar-refractivity contribution >= 4 is 23.6 Å². The molecule has 0 aliphatic carbocycles. The number of nitrogens with one attached hydrogen (secondary N) is 1. The van der Waals surface area contributed by atoms with E-state index in [0.717, 1.165) is 0 Å². The summed E-state index contributed by atoms with van der Waals surface area (Å²) in [6.45, 7) is 0. The van der Waals surface area contributed by atoms with Crippen LogP contribution in [0.4, 0.5) is 0 Å². The van der Waals surface area contributed by atoms with Crippen molar-refractivity contribution in [2.24, 2.45) is 0 Å². The van der Waals surface area contributed by atoms with Crippen LogP contribution in [0.5, 0.6) is 0 Å². The van der Waals surface area contributed by atoms with Gasteiger partial charge in [-0.1, -0.05) is 0 Å². The van der Waals surface area contributed by atoms with E-state index in [1.165, 1.54) is 3.84 Å². The molecule has 0 aromatic carbocycles. The van der Waals surface area contributed by atoms with Gasteiger partial charge in [0.25, 0.3) is 0 Å². The van der Waals surface area contributed by atoms with E-state index in [1.807, 2.05) is 12.4 Å². The molecule has 0 atom stereocenters. The van der Waals surface area contributed by atoms with E-state index in [1.54, 1.807) is 0 Å². The fourth-order valence-electron chi connectivity index (χ4n) is 0.593. The van der Waals surface area contributed by atoms with Crippen LogP contribution in [-0.2, 0) is 0 Å². The molecule has 0 spiro atoms. The van der Waals surface area contributed by atoms with E-state index in [9.17, 15) is 0 Å². The molecular formula is C5H10N2Sn. The van der Waals surface area contributed by atoms with Crippen molar-refractivity contribution in [2.45, 2.75) is 9.88 Å². The maximum absolute atomic E-state index is 4.15. The second-order valence-electron chi connectivity index (χ2n) is 2.13. The van der Waals surface area contributed by atoms with Gasteiger partial charge in [0, 0.05) is 0 Å². The normalized spacial score (nSPS) is 10.4. The van der Waals surface area contributed by atoms with Crippen LogP contribution in [0.25, 0.3) is 0 Å². The second-order valence-corrected chi connectivity index (χ2v) is 10.3. The number of aromatic nitrogens is 2. The van der Waals surface area contributed by atoms with Crippen LogP contribution in [0.2, 0.25) is 9.88 Å². The first kappa shape index (κ1) is 6.13. The summed E-state index contributed by atoms with van der Waals surface area (Å²) in [5, 5.41) is 0. The summed E-state index contributed by atoms with van der Waals surface area (Å²) in [6.07, 6.45) is 3.72. The van der Waals surface area contributed by atoms with Crippen molar-refractivity contribution in [1.29, 1.82) is 0 Å². The number of rotatable bonds is 1. The first-order chi connectivity index (χ1) is 3.80.